The van der Waals surface area contributed by atoms with Crippen LogP contribution in [0.4, 0.5) is 5.69 Å². The minimum Gasteiger partial charge on any atom is -0.365 e. The van der Waals surface area contributed by atoms with E-state index in [-0.39, 0.29) is 10.6 Å². The Hall–Kier alpha value is -1.43. The minimum atomic E-state index is -0.636. The van der Waals surface area contributed by atoms with Gasteiger partial charge in [0.2, 0.25) is 0 Å². The van der Waals surface area contributed by atoms with Crippen molar-refractivity contribution in [1.82, 2.24) is 0 Å². The maximum absolute atomic E-state index is 10.4. The largest absolute Gasteiger partial charge is 0.365 e. The molecule has 0 fully saturated rings. The number of carbonyl (C=O) groups excluding carboxylic acids is 1. The molecule has 0 aliphatic rings. The Balaban J connectivity index is 2.99. The number of hydrogen-bond acceptors (Lipinski definition) is 4. The number of thiophene rings is 1. The van der Waals surface area contributed by atoms with E-state index in [9.17, 15) is 14.9 Å². The molecule has 0 unspecified atom stereocenters. The highest BCUT2D eigenvalue weighted by atomic mass is 32.1. The first-order valence-electron chi connectivity index (χ1n) is 2.64. The highest BCUT2D eigenvalue weighted by Crippen LogP contribution is 2.20. The normalized spacial score (nSPS) is 9.45. The highest BCUT2D eigenvalue weighted by Gasteiger charge is 2.11. The molecule has 58 valence electrons. The molecule has 2 N–H and O–H groups in total. The summed E-state index contributed by atoms with van der Waals surface area (Å²) in [4.78, 5) is 20.2. The molecule has 0 aliphatic carbocycles. The second-order valence-electron chi connectivity index (χ2n) is 1.79. The molecule has 0 bridgehead atoms. The highest BCUT2D eigenvalue weighted by molar-refractivity contribution is 7.12. The van der Waals surface area contributed by atoms with Crippen molar-refractivity contribution in [1.29, 1.82) is 0 Å². The second kappa shape index (κ2) is 2.67. The zero-order chi connectivity index (χ0) is 8.43. The molecule has 1 aromatic rings. The molecule has 0 aliphatic heterocycles. The van der Waals surface area contributed by atoms with Crippen molar-refractivity contribution >= 4 is 22.9 Å². The molecular weight excluding hydrogens is 168 g/mol. The molecule has 0 saturated carbocycles. The van der Waals surface area contributed by atoms with Gasteiger partial charge in [-0.05, 0) is 0 Å². The third-order valence-electron chi connectivity index (χ3n) is 1.04. The summed E-state index contributed by atoms with van der Waals surface area (Å²) in [5, 5.41) is 11.4. The van der Waals surface area contributed by atoms with Crippen molar-refractivity contribution in [3.8, 4) is 0 Å². The number of nitrogens with two attached hydrogens (primary N) is 1. The summed E-state index contributed by atoms with van der Waals surface area (Å²) in [6.07, 6.45) is 0. The molecule has 1 amide bonds. The summed E-state index contributed by atoms with van der Waals surface area (Å²) >= 11 is 0.970. The lowest BCUT2D eigenvalue weighted by molar-refractivity contribution is -0.384. The monoisotopic (exact) mass is 172 g/mol. The molecule has 1 aromatic heterocycles. The Labute approximate surface area is 65.6 Å². The smallest absolute Gasteiger partial charge is 0.280 e. The van der Waals surface area contributed by atoms with Crippen molar-refractivity contribution in [3.63, 3.8) is 0 Å². The van der Waals surface area contributed by atoms with Crippen LogP contribution in [-0.4, -0.2) is 10.8 Å². The van der Waals surface area contributed by atoms with Gasteiger partial charge in [0.05, 0.1) is 15.2 Å². The van der Waals surface area contributed by atoms with Gasteiger partial charge in [-0.3, -0.25) is 14.9 Å². The zero-order valence-electron chi connectivity index (χ0n) is 5.31. The van der Waals surface area contributed by atoms with E-state index in [4.69, 9.17) is 5.73 Å². The Bertz CT molecular complexity index is 278. The summed E-state index contributed by atoms with van der Waals surface area (Å²) in [5.74, 6) is -0.636. The number of nitro groups is 1. The van der Waals surface area contributed by atoms with Gasteiger partial charge in [0.15, 0.2) is 0 Å². The predicted molar refractivity (Wildman–Crippen MR) is 39.5 cm³/mol. The summed E-state index contributed by atoms with van der Waals surface area (Å²) in [5.41, 5.74) is 4.78. The third-order valence-corrected chi connectivity index (χ3v) is 1.97. The Morgan fingerprint density at radius 1 is 1.73 bits per heavy atom. The van der Waals surface area contributed by atoms with Crippen LogP contribution in [0.3, 0.4) is 0 Å². The van der Waals surface area contributed by atoms with Crippen LogP contribution in [0.15, 0.2) is 11.4 Å². The van der Waals surface area contributed by atoms with Gasteiger partial charge in [-0.15, -0.1) is 11.3 Å². The van der Waals surface area contributed by atoms with Gasteiger partial charge >= 0.3 is 0 Å². The van der Waals surface area contributed by atoms with E-state index in [1.807, 2.05) is 0 Å². The molecule has 0 radical (unpaired) electrons. The van der Waals surface area contributed by atoms with Crippen LogP contribution < -0.4 is 5.73 Å². The molecular formula is C5H4N2O3S. The molecule has 0 saturated heterocycles. The van der Waals surface area contributed by atoms with E-state index in [1.165, 1.54) is 5.38 Å². The fourth-order valence-electron chi connectivity index (χ4n) is 0.551. The van der Waals surface area contributed by atoms with Crippen LogP contribution in [0.2, 0.25) is 0 Å². The molecule has 6 heteroatoms. The van der Waals surface area contributed by atoms with Crippen molar-refractivity contribution in [3.05, 3.63) is 26.4 Å². The standard InChI is InChI=1S/C5H4N2O3S/c6-5(8)4-1-3(2-11-4)7(9)10/h1-2H,(H2,6,8). The van der Waals surface area contributed by atoms with Crippen LogP contribution in [0.25, 0.3) is 0 Å². The van der Waals surface area contributed by atoms with E-state index in [2.05, 4.69) is 0 Å². The van der Waals surface area contributed by atoms with Gasteiger partial charge in [0.25, 0.3) is 11.6 Å². The Morgan fingerprint density at radius 3 is 2.64 bits per heavy atom. The lowest BCUT2D eigenvalue weighted by atomic mass is 10.4. The van der Waals surface area contributed by atoms with Crippen molar-refractivity contribution in [2.45, 2.75) is 0 Å². The minimum absolute atomic E-state index is 0.0937. The van der Waals surface area contributed by atoms with Gasteiger partial charge in [0, 0.05) is 6.07 Å². The molecule has 0 atom stereocenters. The number of rotatable bonds is 2. The maximum Gasteiger partial charge on any atom is 0.280 e. The first-order chi connectivity index (χ1) is 5.11. The van der Waals surface area contributed by atoms with Crippen LogP contribution in [-0.2, 0) is 0 Å². The van der Waals surface area contributed by atoms with E-state index in [0.29, 0.717) is 0 Å². The predicted octanol–water partition coefficient (Wildman–Crippen LogP) is 0.755. The summed E-state index contributed by atoms with van der Waals surface area (Å²) in [6.45, 7) is 0. The maximum atomic E-state index is 10.4. The zero-order valence-corrected chi connectivity index (χ0v) is 6.13. The number of amides is 1. The molecule has 1 heterocycles. The Kier molecular flexibility index (Phi) is 1.86. The van der Waals surface area contributed by atoms with Crippen LogP contribution in [0, 0.1) is 10.1 Å². The number of hydrogen-bond donors (Lipinski definition) is 1. The second-order valence-corrected chi connectivity index (χ2v) is 2.70. The first kappa shape index (κ1) is 7.67. The van der Waals surface area contributed by atoms with Gasteiger partial charge < -0.3 is 5.73 Å². The fraction of sp³-hybridized carbons (Fsp3) is 0. The topological polar surface area (TPSA) is 86.2 Å². The van der Waals surface area contributed by atoms with E-state index < -0.39 is 10.8 Å². The molecule has 0 aromatic carbocycles. The molecule has 5 nitrogen and oxygen atoms in total. The van der Waals surface area contributed by atoms with Crippen LogP contribution in [0.5, 0.6) is 0 Å². The lowest BCUT2D eigenvalue weighted by Crippen LogP contribution is -2.08. The summed E-state index contributed by atoms with van der Waals surface area (Å²) in [6, 6.07) is 1.16. The van der Waals surface area contributed by atoms with E-state index in [1.54, 1.807) is 0 Å². The first-order valence-corrected chi connectivity index (χ1v) is 3.52. The van der Waals surface area contributed by atoms with Crippen molar-refractivity contribution < 1.29 is 9.72 Å². The molecule has 1 rings (SSSR count). The average molecular weight is 172 g/mol. The fourth-order valence-corrected chi connectivity index (χ4v) is 1.26. The lowest BCUT2D eigenvalue weighted by Gasteiger charge is -1.81. The number of primary amides is 1. The quantitative estimate of drug-likeness (QED) is 0.527. The van der Waals surface area contributed by atoms with Crippen molar-refractivity contribution in [2.24, 2.45) is 5.73 Å². The SMILES string of the molecule is NC(=O)c1cc([N+](=O)[O-])cs1. The van der Waals surface area contributed by atoms with Gasteiger partial charge in [-0.25, -0.2) is 0 Å². The van der Waals surface area contributed by atoms with Gasteiger partial charge in [-0.2, -0.15) is 0 Å². The average Bonchev–Trinajstić information content (AvgIpc) is 2.33. The van der Waals surface area contributed by atoms with Crippen molar-refractivity contribution in [2.75, 3.05) is 0 Å². The number of nitrogens with zero attached hydrogens (tertiary/aromatic N) is 1. The van der Waals surface area contributed by atoms with E-state index >= 15 is 0 Å². The van der Waals surface area contributed by atoms with Gasteiger partial charge in [0.1, 0.15) is 0 Å². The Morgan fingerprint density at radius 2 is 2.36 bits per heavy atom. The summed E-state index contributed by atoms with van der Waals surface area (Å²) in [7, 11) is 0. The van der Waals surface area contributed by atoms with E-state index in [0.717, 1.165) is 17.4 Å². The number of carbonyl (C=O) groups is 1. The third kappa shape index (κ3) is 1.53. The van der Waals surface area contributed by atoms with Crippen LogP contribution in [0.1, 0.15) is 9.67 Å². The van der Waals surface area contributed by atoms with Crippen LogP contribution >= 0.6 is 11.3 Å². The molecule has 11 heavy (non-hydrogen) atoms. The molecule has 0 spiro atoms. The van der Waals surface area contributed by atoms with Gasteiger partial charge in [-0.1, -0.05) is 0 Å². The summed E-state index contributed by atoms with van der Waals surface area (Å²) < 4.78 is 0.